The molecule has 0 atom stereocenters. The van der Waals surface area contributed by atoms with E-state index in [0.717, 1.165) is 23.7 Å². The summed E-state index contributed by atoms with van der Waals surface area (Å²) >= 11 is 3.31. The van der Waals surface area contributed by atoms with Crippen molar-refractivity contribution in [3.63, 3.8) is 0 Å². The lowest BCUT2D eigenvalue weighted by atomic mass is 9.87. The number of hydrogen-bond donors (Lipinski definition) is 0. The van der Waals surface area contributed by atoms with Gasteiger partial charge in [0.2, 0.25) is 0 Å². The first kappa shape index (κ1) is 13.3. The van der Waals surface area contributed by atoms with E-state index < -0.39 is 11.6 Å². The number of alkyl halides is 3. The van der Waals surface area contributed by atoms with Crippen molar-refractivity contribution in [3.8, 4) is 0 Å². The Morgan fingerprint density at radius 2 is 1.72 bits per heavy atom. The Kier molecular flexibility index (Phi) is 3.13. The Bertz CT molecular complexity index is 590. The molecule has 0 saturated heterocycles. The number of benzene rings is 1. The minimum atomic E-state index is -4.32. The largest absolute Gasteiger partial charge is 0.399 e. The number of rotatable bonds is 1. The summed E-state index contributed by atoms with van der Waals surface area (Å²) in [6.07, 6.45) is -4.32. The third-order valence-electron chi connectivity index (χ3n) is 3.00. The highest BCUT2D eigenvalue weighted by atomic mass is 79.9. The van der Waals surface area contributed by atoms with Crippen LogP contribution >= 0.6 is 15.9 Å². The summed E-state index contributed by atoms with van der Waals surface area (Å²) in [6.45, 7) is 2.28. The van der Waals surface area contributed by atoms with Crippen LogP contribution in [0.5, 0.6) is 0 Å². The number of halogens is 4. The van der Waals surface area contributed by atoms with E-state index in [1.54, 1.807) is 18.2 Å². The molecule has 0 amide bonds. The highest BCUT2D eigenvalue weighted by molar-refractivity contribution is 9.10. The van der Waals surface area contributed by atoms with Crippen LogP contribution in [-0.2, 0) is 5.41 Å². The van der Waals surface area contributed by atoms with Gasteiger partial charge in [-0.05, 0) is 38.1 Å². The number of pyridine rings is 1. The minimum absolute atomic E-state index is 0.0322. The maximum atomic E-state index is 12.9. The van der Waals surface area contributed by atoms with Crippen LogP contribution in [-0.4, -0.2) is 11.2 Å². The van der Waals surface area contributed by atoms with Gasteiger partial charge in [-0.1, -0.05) is 22.0 Å². The Morgan fingerprint density at radius 1 is 1.06 bits per heavy atom. The Labute approximate surface area is 111 Å². The molecule has 0 aliphatic rings. The zero-order valence-electron chi connectivity index (χ0n) is 9.85. The van der Waals surface area contributed by atoms with E-state index in [9.17, 15) is 13.2 Å². The molecule has 1 nitrogen and oxygen atoms in total. The van der Waals surface area contributed by atoms with Crippen molar-refractivity contribution in [3.05, 3.63) is 40.5 Å². The lowest BCUT2D eigenvalue weighted by Crippen LogP contribution is -2.37. The number of hydrogen-bond acceptors (Lipinski definition) is 1. The zero-order valence-corrected chi connectivity index (χ0v) is 11.4. The fraction of sp³-hybridized carbons (Fsp3) is 0.308. The van der Waals surface area contributed by atoms with E-state index in [4.69, 9.17) is 0 Å². The first-order chi connectivity index (χ1) is 8.22. The van der Waals surface area contributed by atoms with Crippen LogP contribution in [0.1, 0.15) is 19.5 Å². The molecule has 0 saturated carbocycles. The van der Waals surface area contributed by atoms with Crippen LogP contribution in [0, 0.1) is 0 Å². The topological polar surface area (TPSA) is 12.9 Å². The smallest absolute Gasteiger partial charge is 0.252 e. The fourth-order valence-electron chi connectivity index (χ4n) is 1.59. The molecule has 0 aliphatic carbocycles. The number of nitrogens with zero attached hydrogens (tertiary/aromatic N) is 1. The van der Waals surface area contributed by atoms with E-state index in [2.05, 4.69) is 20.9 Å². The molecule has 5 heteroatoms. The summed E-state index contributed by atoms with van der Waals surface area (Å²) < 4.78 is 39.7. The first-order valence-corrected chi connectivity index (χ1v) is 6.14. The molecule has 2 aromatic rings. The van der Waals surface area contributed by atoms with E-state index in [0.29, 0.717) is 5.52 Å². The molecular weight excluding hydrogens is 307 g/mol. The van der Waals surface area contributed by atoms with Crippen molar-refractivity contribution in [1.82, 2.24) is 4.98 Å². The average Bonchev–Trinajstić information content (AvgIpc) is 2.26. The van der Waals surface area contributed by atoms with E-state index in [1.165, 1.54) is 6.07 Å². The van der Waals surface area contributed by atoms with Gasteiger partial charge in [0.15, 0.2) is 0 Å². The highest BCUT2D eigenvalue weighted by Gasteiger charge is 2.49. The predicted octanol–water partition coefficient (Wildman–Crippen LogP) is 4.84. The molecule has 1 heterocycles. The third-order valence-corrected chi connectivity index (χ3v) is 3.49. The Balaban J connectivity index is 2.58. The van der Waals surface area contributed by atoms with Crippen molar-refractivity contribution in [2.75, 3.05) is 0 Å². The molecule has 0 bridgehead atoms. The molecule has 18 heavy (non-hydrogen) atoms. The second-order valence-electron chi connectivity index (χ2n) is 4.66. The number of fused-ring (bicyclic) bond motifs is 1. The van der Waals surface area contributed by atoms with Gasteiger partial charge in [-0.2, -0.15) is 13.2 Å². The standard InChI is InChI=1S/C13H11BrF3N/c1-12(2,13(15,16)17)11-6-3-8-7-9(14)4-5-10(8)18-11/h3-7H,1-2H3. The van der Waals surface area contributed by atoms with Gasteiger partial charge in [-0.3, -0.25) is 4.98 Å². The van der Waals surface area contributed by atoms with Crippen molar-refractivity contribution in [1.29, 1.82) is 0 Å². The second-order valence-corrected chi connectivity index (χ2v) is 5.57. The quantitative estimate of drug-likeness (QED) is 0.733. The Morgan fingerprint density at radius 3 is 2.33 bits per heavy atom. The van der Waals surface area contributed by atoms with E-state index >= 15 is 0 Å². The predicted molar refractivity (Wildman–Crippen MR) is 68.5 cm³/mol. The van der Waals surface area contributed by atoms with Gasteiger partial charge in [0.1, 0.15) is 5.41 Å². The Hall–Kier alpha value is -1.10. The summed E-state index contributed by atoms with van der Waals surface area (Å²) in [5.41, 5.74) is -1.35. The van der Waals surface area contributed by atoms with Gasteiger partial charge in [0, 0.05) is 9.86 Å². The maximum Gasteiger partial charge on any atom is 0.399 e. The summed E-state index contributed by atoms with van der Waals surface area (Å²) in [5, 5.41) is 0.811. The van der Waals surface area contributed by atoms with Crippen molar-refractivity contribution in [2.24, 2.45) is 0 Å². The molecule has 0 fully saturated rings. The molecule has 1 aromatic carbocycles. The first-order valence-electron chi connectivity index (χ1n) is 5.35. The van der Waals surface area contributed by atoms with Gasteiger partial charge in [0.05, 0.1) is 11.2 Å². The van der Waals surface area contributed by atoms with Gasteiger partial charge in [-0.15, -0.1) is 0 Å². The molecule has 1 aromatic heterocycles. The van der Waals surface area contributed by atoms with Crippen LogP contribution < -0.4 is 0 Å². The molecule has 0 spiro atoms. The van der Waals surface area contributed by atoms with Crippen LogP contribution in [0.3, 0.4) is 0 Å². The maximum absolute atomic E-state index is 12.9. The van der Waals surface area contributed by atoms with Gasteiger partial charge < -0.3 is 0 Å². The summed E-state index contributed by atoms with van der Waals surface area (Å²) in [4.78, 5) is 4.11. The van der Waals surface area contributed by atoms with Crippen molar-refractivity contribution in [2.45, 2.75) is 25.4 Å². The fourth-order valence-corrected chi connectivity index (χ4v) is 1.97. The molecule has 96 valence electrons. The lowest BCUT2D eigenvalue weighted by Gasteiger charge is -2.27. The number of aromatic nitrogens is 1. The lowest BCUT2D eigenvalue weighted by molar-refractivity contribution is -0.181. The van der Waals surface area contributed by atoms with Gasteiger partial charge in [0.25, 0.3) is 0 Å². The van der Waals surface area contributed by atoms with Crippen LogP contribution in [0.2, 0.25) is 0 Å². The molecule has 0 unspecified atom stereocenters. The minimum Gasteiger partial charge on any atom is -0.252 e. The van der Waals surface area contributed by atoms with Gasteiger partial charge in [-0.25, -0.2) is 0 Å². The third kappa shape index (κ3) is 2.23. The van der Waals surface area contributed by atoms with E-state index in [1.807, 2.05) is 6.07 Å². The molecule has 0 radical (unpaired) electrons. The highest BCUT2D eigenvalue weighted by Crippen LogP contribution is 2.39. The van der Waals surface area contributed by atoms with Crippen molar-refractivity contribution >= 4 is 26.8 Å². The molecule has 0 aliphatic heterocycles. The molecule has 0 N–H and O–H groups in total. The van der Waals surface area contributed by atoms with Crippen LogP contribution in [0.15, 0.2) is 34.8 Å². The van der Waals surface area contributed by atoms with Crippen molar-refractivity contribution < 1.29 is 13.2 Å². The SMILES string of the molecule is CC(C)(c1ccc2cc(Br)ccc2n1)C(F)(F)F. The summed E-state index contributed by atoms with van der Waals surface area (Å²) in [6, 6.07) is 8.39. The van der Waals surface area contributed by atoms with Crippen LogP contribution in [0.4, 0.5) is 13.2 Å². The van der Waals surface area contributed by atoms with Gasteiger partial charge >= 0.3 is 6.18 Å². The van der Waals surface area contributed by atoms with Crippen LogP contribution in [0.25, 0.3) is 10.9 Å². The normalized spacial score (nSPS) is 13.0. The zero-order chi connectivity index (χ0) is 13.6. The monoisotopic (exact) mass is 317 g/mol. The average molecular weight is 318 g/mol. The summed E-state index contributed by atoms with van der Waals surface area (Å²) in [5.74, 6) is 0. The second kappa shape index (κ2) is 4.23. The molecule has 2 rings (SSSR count). The molecular formula is C13H11BrF3N. The van der Waals surface area contributed by atoms with E-state index in [-0.39, 0.29) is 5.69 Å². The summed E-state index contributed by atoms with van der Waals surface area (Å²) in [7, 11) is 0.